The number of hydrogen-bond acceptors (Lipinski definition) is 8. The van der Waals surface area contributed by atoms with Gasteiger partial charge in [0.15, 0.2) is 5.58 Å². The van der Waals surface area contributed by atoms with Gasteiger partial charge >= 0.3 is 11.3 Å². The van der Waals surface area contributed by atoms with E-state index < -0.39 is 11.3 Å². The van der Waals surface area contributed by atoms with Crippen molar-refractivity contribution in [1.82, 2.24) is 0 Å². The predicted molar refractivity (Wildman–Crippen MR) is 199 cm³/mol. The average molecular weight is 657 g/mol. The van der Waals surface area contributed by atoms with E-state index in [2.05, 4.69) is 0 Å². The molecular weight excluding hydrogens is 628 g/mol. The van der Waals surface area contributed by atoms with Crippen molar-refractivity contribution in [3.63, 3.8) is 0 Å². The highest BCUT2D eigenvalue weighted by Crippen LogP contribution is 2.39. The highest BCUT2D eigenvalue weighted by molar-refractivity contribution is 6.16. The van der Waals surface area contributed by atoms with Crippen molar-refractivity contribution in [3.05, 3.63) is 153 Å². The van der Waals surface area contributed by atoms with Gasteiger partial charge in [0, 0.05) is 39.2 Å². The molecule has 8 heteroatoms. The molecule has 0 amide bonds. The Hall–Kier alpha value is -6.80. The molecule has 0 radical (unpaired) electrons. The highest BCUT2D eigenvalue weighted by Gasteiger charge is 2.18. The number of fused-ring (bicyclic) bond motifs is 6. The second kappa shape index (κ2) is 12.0. The third-order valence-corrected chi connectivity index (χ3v) is 8.93. The lowest BCUT2D eigenvalue weighted by molar-refractivity contribution is 0.471. The maximum atomic E-state index is 12.9. The summed E-state index contributed by atoms with van der Waals surface area (Å²) < 4.78 is 11.3. The standard InChI is InChI=1S/C42H28N2O6/c1-23(32-21-33-26-12-4-6-16-31(26)41(47)49-38(33)22-37(32)46)43-34-17-9-7-13-27(34)28-14-8-10-18-35(28)44-24(2)39-36(45)20-19-29-25-11-3-5-15-30(25)42(48)50-40(29)39/h3-22,45-46H,1-2H3. The van der Waals surface area contributed by atoms with Crippen LogP contribution in [0.4, 0.5) is 11.4 Å². The van der Waals surface area contributed by atoms with E-state index in [9.17, 15) is 19.8 Å². The number of benzene rings is 6. The van der Waals surface area contributed by atoms with Crippen molar-refractivity contribution >= 4 is 66.3 Å². The fourth-order valence-corrected chi connectivity index (χ4v) is 6.56. The molecule has 0 atom stereocenters. The quantitative estimate of drug-likeness (QED) is 0.108. The normalized spacial score (nSPS) is 12.4. The van der Waals surface area contributed by atoms with Crippen molar-refractivity contribution in [2.45, 2.75) is 13.8 Å². The van der Waals surface area contributed by atoms with Crippen LogP contribution in [-0.2, 0) is 0 Å². The maximum absolute atomic E-state index is 12.9. The number of phenolic OH excluding ortho intramolecular Hbond substituents is 2. The van der Waals surface area contributed by atoms with E-state index in [0.29, 0.717) is 55.5 Å². The number of nitrogens with zero attached hydrogens (tertiary/aromatic N) is 2. The summed E-state index contributed by atoms with van der Waals surface area (Å²) in [7, 11) is 0. The lowest BCUT2D eigenvalue weighted by atomic mass is 10.00. The van der Waals surface area contributed by atoms with Crippen molar-refractivity contribution < 1.29 is 19.0 Å². The van der Waals surface area contributed by atoms with Crippen LogP contribution < -0.4 is 11.3 Å². The zero-order valence-electron chi connectivity index (χ0n) is 27.0. The van der Waals surface area contributed by atoms with E-state index in [4.69, 9.17) is 18.8 Å². The molecular formula is C42H28N2O6. The van der Waals surface area contributed by atoms with Gasteiger partial charge in [-0.15, -0.1) is 0 Å². The lowest BCUT2D eigenvalue weighted by Gasteiger charge is -2.13. The number of rotatable bonds is 5. The van der Waals surface area contributed by atoms with Gasteiger partial charge in [-0.05, 0) is 67.1 Å². The Kier molecular flexibility index (Phi) is 7.34. The number of para-hydroxylation sites is 2. The van der Waals surface area contributed by atoms with E-state index >= 15 is 0 Å². The van der Waals surface area contributed by atoms with Crippen molar-refractivity contribution in [3.8, 4) is 22.6 Å². The second-order valence-electron chi connectivity index (χ2n) is 12.0. The molecule has 0 spiro atoms. The van der Waals surface area contributed by atoms with Gasteiger partial charge in [0.05, 0.1) is 33.4 Å². The molecule has 6 aromatic carbocycles. The summed E-state index contributed by atoms with van der Waals surface area (Å²) in [4.78, 5) is 35.4. The summed E-state index contributed by atoms with van der Waals surface area (Å²) in [6.45, 7) is 3.58. The zero-order chi connectivity index (χ0) is 34.5. The summed E-state index contributed by atoms with van der Waals surface area (Å²) in [6.07, 6.45) is 0. The summed E-state index contributed by atoms with van der Waals surface area (Å²) in [5.74, 6) is -0.123. The first kappa shape index (κ1) is 30.5. The van der Waals surface area contributed by atoms with Crippen molar-refractivity contribution in [2.24, 2.45) is 9.98 Å². The first-order valence-corrected chi connectivity index (χ1v) is 15.9. The molecule has 0 unspecified atom stereocenters. The summed E-state index contributed by atoms with van der Waals surface area (Å²) in [5.41, 5.74) is 4.23. The third kappa shape index (κ3) is 5.11. The largest absolute Gasteiger partial charge is 0.507 e. The van der Waals surface area contributed by atoms with Crippen LogP contribution in [0, 0.1) is 0 Å². The molecule has 2 aromatic heterocycles. The van der Waals surface area contributed by atoms with E-state index in [0.717, 1.165) is 21.9 Å². The van der Waals surface area contributed by atoms with Crippen LogP contribution in [0.5, 0.6) is 11.5 Å². The zero-order valence-corrected chi connectivity index (χ0v) is 27.0. The first-order valence-electron chi connectivity index (χ1n) is 15.9. The van der Waals surface area contributed by atoms with E-state index in [1.807, 2.05) is 79.7 Å². The summed E-state index contributed by atoms with van der Waals surface area (Å²) in [6, 6.07) is 36.2. The molecule has 2 N–H and O–H groups in total. The SMILES string of the molecule is CC(=Nc1ccccc1-c1ccccc1N=C(C)c1c(O)ccc2c1oc(=O)c1ccccc12)c1cc2c(cc1O)oc(=O)c1ccccc12. The van der Waals surface area contributed by atoms with Crippen molar-refractivity contribution in [1.29, 1.82) is 0 Å². The molecule has 8 aromatic rings. The molecule has 0 saturated carbocycles. The maximum Gasteiger partial charge on any atom is 0.344 e. The number of phenols is 2. The minimum Gasteiger partial charge on any atom is -0.507 e. The first-order chi connectivity index (χ1) is 24.3. The van der Waals surface area contributed by atoms with Crippen LogP contribution in [0.1, 0.15) is 25.0 Å². The fourth-order valence-electron chi connectivity index (χ4n) is 6.56. The Labute approximate surface area is 284 Å². The molecule has 8 nitrogen and oxygen atoms in total. The van der Waals surface area contributed by atoms with Gasteiger partial charge < -0.3 is 19.0 Å². The van der Waals surface area contributed by atoms with Gasteiger partial charge in [-0.3, -0.25) is 9.98 Å². The molecule has 0 bridgehead atoms. The van der Waals surface area contributed by atoms with Gasteiger partial charge in [0.1, 0.15) is 17.1 Å². The molecule has 0 aliphatic carbocycles. The van der Waals surface area contributed by atoms with E-state index in [-0.39, 0.29) is 22.7 Å². The third-order valence-electron chi connectivity index (χ3n) is 8.93. The molecule has 8 rings (SSSR count). The van der Waals surface area contributed by atoms with Gasteiger partial charge in [-0.1, -0.05) is 72.8 Å². The topological polar surface area (TPSA) is 126 Å². The van der Waals surface area contributed by atoms with Crippen molar-refractivity contribution in [2.75, 3.05) is 0 Å². The Balaban J connectivity index is 1.25. The Morgan fingerprint density at radius 2 is 1.04 bits per heavy atom. The van der Waals surface area contributed by atoms with Gasteiger partial charge in [-0.25, -0.2) is 9.59 Å². The van der Waals surface area contributed by atoms with Crippen LogP contribution in [0.2, 0.25) is 0 Å². The van der Waals surface area contributed by atoms with Gasteiger partial charge in [-0.2, -0.15) is 0 Å². The Morgan fingerprint density at radius 1 is 0.520 bits per heavy atom. The predicted octanol–water partition coefficient (Wildman–Crippen LogP) is 9.57. The molecule has 0 fully saturated rings. The molecule has 50 heavy (non-hydrogen) atoms. The van der Waals surface area contributed by atoms with Crippen LogP contribution in [-0.4, -0.2) is 21.6 Å². The van der Waals surface area contributed by atoms with Gasteiger partial charge in [0.25, 0.3) is 0 Å². The number of aromatic hydroxyl groups is 2. The van der Waals surface area contributed by atoms with Crippen LogP contribution in [0.25, 0.3) is 54.6 Å². The van der Waals surface area contributed by atoms with Gasteiger partial charge in [0.2, 0.25) is 0 Å². The fraction of sp³-hybridized carbons (Fsp3) is 0.0476. The van der Waals surface area contributed by atoms with Crippen LogP contribution >= 0.6 is 0 Å². The molecule has 2 heterocycles. The Bertz CT molecular complexity index is 2860. The minimum atomic E-state index is -0.495. The minimum absolute atomic E-state index is 0.0578. The molecule has 242 valence electrons. The summed E-state index contributed by atoms with van der Waals surface area (Å²) >= 11 is 0. The number of aliphatic imine (C=N–C) groups is 2. The van der Waals surface area contributed by atoms with E-state index in [1.54, 1.807) is 49.4 Å². The number of hydrogen-bond donors (Lipinski definition) is 2. The monoisotopic (exact) mass is 656 g/mol. The van der Waals surface area contributed by atoms with Crippen LogP contribution in [0.15, 0.2) is 150 Å². The second-order valence-corrected chi connectivity index (χ2v) is 12.0. The summed E-state index contributed by atoms with van der Waals surface area (Å²) in [5, 5.41) is 25.8. The Morgan fingerprint density at radius 3 is 1.68 bits per heavy atom. The molecule has 0 aliphatic heterocycles. The van der Waals surface area contributed by atoms with E-state index in [1.165, 1.54) is 6.07 Å². The molecule has 0 saturated heterocycles. The molecule has 0 aliphatic rings. The highest BCUT2D eigenvalue weighted by atomic mass is 16.4. The average Bonchev–Trinajstić information content (AvgIpc) is 3.12. The lowest BCUT2D eigenvalue weighted by Crippen LogP contribution is -2.04. The van der Waals surface area contributed by atoms with Crippen LogP contribution in [0.3, 0.4) is 0 Å². The smallest absolute Gasteiger partial charge is 0.344 e.